The van der Waals surface area contributed by atoms with Gasteiger partial charge in [-0.25, -0.2) is 0 Å². The number of aromatic hydroxyl groups is 3. The molecular formula is C25H28O5. The maximum absolute atomic E-state index is 12.8. The maximum Gasteiger partial charge on any atom is 0.170 e. The van der Waals surface area contributed by atoms with Crippen molar-refractivity contribution in [2.45, 2.75) is 46.1 Å². The number of benzene rings is 2. The molecule has 1 heterocycles. The van der Waals surface area contributed by atoms with Crippen LogP contribution in [0.2, 0.25) is 0 Å². The second-order valence-electron chi connectivity index (χ2n) is 8.18. The molecule has 2 atom stereocenters. The highest BCUT2D eigenvalue weighted by atomic mass is 16.5. The van der Waals surface area contributed by atoms with Gasteiger partial charge < -0.3 is 20.1 Å². The number of fused-ring (bicyclic) bond motifs is 1. The summed E-state index contributed by atoms with van der Waals surface area (Å²) in [5.41, 5.74) is 3.61. The summed E-state index contributed by atoms with van der Waals surface area (Å²) >= 11 is 0. The van der Waals surface area contributed by atoms with Gasteiger partial charge in [-0.3, -0.25) is 4.79 Å². The highest BCUT2D eigenvalue weighted by Gasteiger charge is 2.32. The summed E-state index contributed by atoms with van der Waals surface area (Å²) in [4.78, 5) is 12.8. The lowest BCUT2D eigenvalue weighted by atomic mass is 9.86. The zero-order valence-electron chi connectivity index (χ0n) is 17.6. The van der Waals surface area contributed by atoms with Gasteiger partial charge in [0, 0.05) is 17.2 Å². The van der Waals surface area contributed by atoms with E-state index in [2.05, 4.69) is 12.7 Å². The minimum absolute atomic E-state index is 0.0667. The smallest absolute Gasteiger partial charge is 0.170 e. The van der Waals surface area contributed by atoms with Crippen LogP contribution in [0.15, 0.2) is 54.1 Å². The molecule has 158 valence electrons. The molecule has 0 aliphatic carbocycles. The van der Waals surface area contributed by atoms with E-state index in [1.54, 1.807) is 12.1 Å². The normalized spacial score (nSPS) is 16.4. The number of hydrogen-bond acceptors (Lipinski definition) is 5. The lowest BCUT2D eigenvalue weighted by Crippen LogP contribution is -2.22. The largest absolute Gasteiger partial charge is 0.508 e. The number of carbonyl (C=O) groups is 1. The first-order valence-electron chi connectivity index (χ1n) is 10.0. The van der Waals surface area contributed by atoms with E-state index in [4.69, 9.17) is 4.74 Å². The number of Topliss-reactive ketones (excluding diaryl/α,β-unsaturated/α-hetero) is 1. The number of phenolic OH excluding ortho intramolecular Hbond substituents is 3. The Labute approximate surface area is 177 Å². The van der Waals surface area contributed by atoms with Crippen molar-refractivity contribution in [1.29, 1.82) is 0 Å². The Kier molecular flexibility index (Phi) is 6.20. The fourth-order valence-electron chi connectivity index (χ4n) is 3.69. The van der Waals surface area contributed by atoms with E-state index in [1.807, 2.05) is 20.8 Å². The fourth-order valence-corrected chi connectivity index (χ4v) is 3.69. The summed E-state index contributed by atoms with van der Waals surface area (Å²) in [6.07, 6.45) is 2.76. The van der Waals surface area contributed by atoms with Gasteiger partial charge >= 0.3 is 0 Å². The molecule has 5 nitrogen and oxygen atoms in total. The van der Waals surface area contributed by atoms with E-state index in [0.29, 0.717) is 28.9 Å². The fraction of sp³-hybridized carbons (Fsp3) is 0.320. The van der Waals surface area contributed by atoms with Crippen molar-refractivity contribution >= 4 is 5.78 Å². The van der Waals surface area contributed by atoms with Gasteiger partial charge in [0.15, 0.2) is 5.78 Å². The third kappa shape index (κ3) is 4.51. The molecule has 0 spiro atoms. The Bertz CT molecular complexity index is 1010. The van der Waals surface area contributed by atoms with Crippen molar-refractivity contribution < 1.29 is 24.9 Å². The Balaban J connectivity index is 2.00. The van der Waals surface area contributed by atoms with E-state index in [-0.39, 0.29) is 35.4 Å². The molecule has 1 aliphatic rings. The van der Waals surface area contributed by atoms with Gasteiger partial charge in [-0.2, -0.15) is 0 Å². The van der Waals surface area contributed by atoms with Crippen LogP contribution in [0, 0.1) is 5.92 Å². The first kappa shape index (κ1) is 21.5. The zero-order chi connectivity index (χ0) is 22.0. The van der Waals surface area contributed by atoms with E-state index in [9.17, 15) is 20.1 Å². The summed E-state index contributed by atoms with van der Waals surface area (Å²) in [5.74, 6) is 0.180. The van der Waals surface area contributed by atoms with Gasteiger partial charge in [0.25, 0.3) is 0 Å². The molecule has 0 bridgehead atoms. The topological polar surface area (TPSA) is 87.0 Å². The van der Waals surface area contributed by atoms with Crippen LogP contribution in [0.1, 0.15) is 61.2 Å². The minimum atomic E-state index is -0.702. The van der Waals surface area contributed by atoms with Crippen LogP contribution >= 0.6 is 0 Å². The second kappa shape index (κ2) is 8.66. The first-order chi connectivity index (χ1) is 14.2. The molecular weight excluding hydrogens is 380 g/mol. The molecule has 2 aromatic rings. The predicted octanol–water partition coefficient (Wildman–Crippen LogP) is 5.60. The molecule has 2 aromatic carbocycles. The third-order valence-corrected chi connectivity index (χ3v) is 5.49. The average molecular weight is 408 g/mol. The van der Waals surface area contributed by atoms with E-state index >= 15 is 0 Å². The number of rotatable bonds is 6. The number of hydrogen-bond donors (Lipinski definition) is 3. The van der Waals surface area contributed by atoms with Crippen LogP contribution in [0.3, 0.4) is 0 Å². The SMILES string of the molecule is C=C(C)C(CC=C(C)C)Cc1c(O)ccc2c1OC(c1ccc(O)cc1O)CC2=O. The number of carbonyl (C=O) groups excluding carboxylic acids is 1. The number of phenols is 3. The van der Waals surface area contributed by atoms with Gasteiger partial charge in [0.1, 0.15) is 29.1 Å². The standard InChI is InChI=1S/C25H28O5/c1-14(2)5-6-16(15(3)4)11-20-21(27)10-9-19-23(29)13-24(30-25(19)20)18-8-7-17(26)12-22(18)28/h5,7-10,12,16,24,26-28H,3,6,11,13H2,1-2,4H3. The molecule has 0 saturated heterocycles. The van der Waals surface area contributed by atoms with E-state index < -0.39 is 6.10 Å². The second-order valence-corrected chi connectivity index (χ2v) is 8.18. The highest BCUT2D eigenvalue weighted by Crippen LogP contribution is 2.44. The Morgan fingerprint density at radius 3 is 2.53 bits per heavy atom. The van der Waals surface area contributed by atoms with Crippen LogP contribution < -0.4 is 4.74 Å². The van der Waals surface area contributed by atoms with Crippen molar-refractivity contribution in [2.75, 3.05) is 0 Å². The Morgan fingerprint density at radius 2 is 1.90 bits per heavy atom. The molecule has 3 rings (SSSR count). The van der Waals surface area contributed by atoms with Gasteiger partial charge in [0.05, 0.1) is 12.0 Å². The van der Waals surface area contributed by atoms with Crippen molar-refractivity contribution in [3.63, 3.8) is 0 Å². The number of ketones is 1. The number of allylic oxidation sites excluding steroid dienone is 3. The minimum Gasteiger partial charge on any atom is -0.508 e. The highest BCUT2D eigenvalue weighted by molar-refractivity contribution is 6.00. The molecule has 0 saturated carbocycles. The molecule has 0 amide bonds. The maximum atomic E-state index is 12.8. The monoisotopic (exact) mass is 408 g/mol. The van der Waals surface area contributed by atoms with Gasteiger partial charge in [-0.1, -0.05) is 23.8 Å². The third-order valence-electron chi connectivity index (χ3n) is 5.49. The van der Waals surface area contributed by atoms with Crippen LogP contribution in [0.5, 0.6) is 23.0 Å². The van der Waals surface area contributed by atoms with Crippen LogP contribution in [-0.2, 0) is 6.42 Å². The molecule has 0 aromatic heterocycles. The number of ether oxygens (including phenoxy) is 1. The molecule has 3 N–H and O–H groups in total. The van der Waals surface area contributed by atoms with E-state index in [0.717, 1.165) is 12.0 Å². The Morgan fingerprint density at radius 1 is 1.17 bits per heavy atom. The van der Waals surface area contributed by atoms with E-state index in [1.165, 1.54) is 23.8 Å². The summed E-state index contributed by atoms with van der Waals surface area (Å²) in [5, 5.41) is 30.4. The van der Waals surface area contributed by atoms with Crippen molar-refractivity contribution in [3.8, 4) is 23.0 Å². The zero-order valence-corrected chi connectivity index (χ0v) is 17.6. The summed E-state index contributed by atoms with van der Waals surface area (Å²) in [6, 6.07) is 7.32. The molecule has 30 heavy (non-hydrogen) atoms. The predicted molar refractivity (Wildman–Crippen MR) is 116 cm³/mol. The molecule has 1 aliphatic heterocycles. The Hall–Kier alpha value is -3.21. The van der Waals surface area contributed by atoms with Crippen LogP contribution in [0.4, 0.5) is 0 Å². The molecule has 5 heteroatoms. The van der Waals surface area contributed by atoms with Gasteiger partial charge in [-0.15, -0.1) is 0 Å². The van der Waals surface area contributed by atoms with Gasteiger partial charge in [-0.05, 0) is 63.8 Å². The average Bonchev–Trinajstić information content (AvgIpc) is 2.66. The lowest BCUT2D eigenvalue weighted by molar-refractivity contribution is 0.0844. The molecule has 0 fully saturated rings. The van der Waals surface area contributed by atoms with Crippen molar-refractivity contribution in [2.24, 2.45) is 5.92 Å². The molecule has 0 radical (unpaired) electrons. The quantitative estimate of drug-likeness (QED) is 0.542. The first-order valence-corrected chi connectivity index (χ1v) is 10.0. The summed E-state index contributed by atoms with van der Waals surface area (Å²) < 4.78 is 6.16. The van der Waals surface area contributed by atoms with Crippen molar-refractivity contribution in [3.05, 3.63) is 70.8 Å². The lowest BCUT2D eigenvalue weighted by Gasteiger charge is -2.29. The van der Waals surface area contributed by atoms with Crippen LogP contribution in [-0.4, -0.2) is 21.1 Å². The molecule has 2 unspecified atom stereocenters. The van der Waals surface area contributed by atoms with Crippen molar-refractivity contribution in [1.82, 2.24) is 0 Å². The summed E-state index contributed by atoms with van der Waals surface area (Å²) in [6.45, 7) is 10.1. The summed E-state index contributed by atoms with van der Waals surface area (Å²) in [7, 11) is 0. The van der Waals surface area contributed by atoms with Crippen LogP contribution in [0.25, 0.3) is 0 Å². The van der Waals surface area contributed by atoms with Gasteiger partial charge in [0.2, 0.25) is 0 Å².